The van der Waals surface area contributed by atoms with Gasteiger partial charge in [0.1, 0.15) is 18.5 Å². The Hall–Kier alpha value is -3.11. The molecule has 0 atom stereocenters. The topological polar surface area (TPSA) is 105 Å². The Morgan fingerprint density at radius 1 is 1.09 bits per heavy atom. The minimum absolute atomic E-state index is 0.200. The Kier molecular flexibility index (Phi) is 7.14. The first kappa shape index (κ1) is 23.1. The number of pyridine rings is 1. The number of aromatic nitrogens is 3. The van der Waals surface area contributed by atoms with Crippen LogP contribution in [0.25, 0.3) is 16.9 Å². The van der Waals surface area contributed by atoms with Crippen molar-refractivity contribution >= 4 is 10.0 Å². The molecule has 1 N–H and O–H groups in total. The second-order valence-corrected chi connectivity index (χ2v) is 9.74. The molecule has 1 aromatic carbocycles. The van der Waals surface area contributed by atoms with Crippen LogP contribution in [0.3, 0.4) is 0 Å². The fourth-order valence-corrected chi connectivity index (χ4v) is 4.19. The standard InChI is InChI=1S/C23H28N4O5S/c1-30-22-12-9-18(16-24-22)27-21(15-23(26-27)32-20-5-3-4-6-20)17-7-10-19(11-8-17)31-14-13-25-33(2,28)29/h7-12,15-16,20,25H,3-6,13-14H2,1-2H3. The fourth-order valence-electron chi connectivity index (χ4n) is 3.73. The maximum Gasteiger partial charge on any atom is 0.234 e. The average molecular weight is 473 g/mol. The lowest BCUT2D eigenvalue weighted by atomic mass is 10.1. The van der Waals surface area contributed by atoms with E-state index >= 15 is 0 Å². The number of hydrogen-bond donors (Lipinski definition) is 1. The molecule has 0 amide bonds. The van der Waals surface area contributed by atoms with Crippen LogP contribution in [0.2, 0.25) is 0 Å². The number of nitrogens with one attached hydrogen (secondary N) is 1. The average Bonchev–Trinajstić information content (AvgIpc) is 3.47. The summed E-state index contributed by atoms with van der Waals surface area (Å²) < 4.78 is 43.4. The molecule has 0 radical (unpaired) electrons. The van der Waals surface area contributed by atoms with Gasteiger partial charge in [-0.15, -0.1) is 5.10 Å². The van der Waals surface area contributed by atoms with Gasteiger partial charge in [0.25, 0.3) is 0 Å². The summed E-state index contributed by atoms with van der Waals surface area (Å²) in [4.78, 5) is 4.30. The lowest BCUT2D eigenvalue weighted by Crippen LogP contribution is -2.26. The molecule has 0 saturated heterocycles. The number of ether oxygens (including phenoxy) is 3. The van der Waals surface area contributed by atoms with Crippen LogP contribution >= 0.6 is 0 Å². The summed E-state index contributed by atoms with van der Waals surface area (Å²) in [6, 6.07) is 13.2. The maximum atomic E-state index is 11.1. The van der Waals surface area contributed by atoms with Crippen LogP contribution in [0, 0.1) is 0 Å². The predicted octanol–water partition coefficient (Wildman–Crippen LogP) is 3.19. The summed E-state index contributed by atoms with van der Waals surface area (Å²) >= 11 is 0. The third-order valence-electron chi connectivity index (χ3n) is 5.34. The highest BCUT2D eigenvalue weighted by Crippen LogP contribution is 2.31. The third-order valence-corrected chi connectivity index (χ3v) is 6.06. The highest BCUT2D eigenvalue weighted by molar-refractivity contribution is 7.88. The van der Waals surface area contributed by atoms with Crippen molar-refractivity contribution in [1.82, 2.24) is 19.5 Å². The number of hydrogen-bond acceptors (Lipinski definition) is 7. The summed E-state index contributed by atoms with van der Waals surface area (Å²) in [5, 5.41) is 4.70. The number of benzene rings is 1. The molecule has 9 nitrogen and oxygen atoms in total. The van der Waals surface area contributed by atoms with Crippen molar-refractivity contribution in [3.63, 3.8) is 0 Å². The molecule has 33 heavy (non-hydrogen) atoms. The smallest absolute Gasteiger partial charge is 0.234 e. The van der Waals surface area contributed by atoms with E-state index in [1.807, 2.05) is 41.1 Å². The van der Waals surface area contributed by atoms with Crippen LogP contribution < -0.4 is 18.9 Å². The summed E-state index contributed by atoms with van der Waals surface area (Å²) in [6.45, 7) is 0.445. The zero-order valence-electron chi connectivity index (χ0n) is 18.7. The van der Waals surface area contributed by atoms with Crippen LogP contribution in [0.5, 0.6) is 17.5 Å². The third kappa shape index (κ3) is 6.23. The van der Waals surface area contributed by atoms with E-state index in [2.05, 4.69) is 9.71 Å². The van der Waals surface area contributed by atoms with Gasteiger partial charge in [-0.25, -0.2) is 22.8 Å². The van der Waals surface area contributed by atoms with Gasteiger partial charge < -0.3 is 14.2 Å². The van der Waals surface area contributed by atoms with Crippen molar-refractivity contribution in [1.29, 1.82) is 0 Å². The van der Waals surface area contributed by atoms with Crippen molar-refractivity contribution < 1.29 is 22.6 Å². The Morgan fingerprint density at radius 3 is 2.48 bits per heavy atom. The molecule has 0 unspecified atom stereocenters. The normalized spacial score (nSPS) is 14.4. The lowest BCUT2D eigenvalue weighted by Gasteiger charge is -2.10. The molecular formula is C23H28N4O5S. The minimum Gasteiger partial charge on any atom is -0.492 e. The molecule has 1 saturated carbocycles. The Balaban J connectivity index is 1.54. The molecule has 3 aromatic rings. The molecule has 176 valence electrons. The summed E-state index contributed by atoms with van der Waals surface area (Å²) in [5.41, 5.74) is 2.58. The van der Waals surface area contributed by atoms with E-state index in [1.165, 1.54) is 12.8 Å². The summed E-state index contributed by atoms with van der Waals surface area (Å²) in [7, 11) is -1.65. The fraction of sp³-hybridized carbons (Fsp3) is 0.391. The highest BCUT2D eigenvalue weighted by Gasteiger charge is 2.20. The van der Waals surface area contributed by atoms with Crippen LogP contribution in [0.4, 0.5) is 0 Å². The van der Waals surface area contributed by atoms with Crippen molar-refractivity contribution in [2.75, 3.05) is 26.5 Å². The summed E-state index contributed by atoms with van der Waals surface area (Å²) in [6.07, 6.45) is 7.49. The van der Waals surface area contributed by atoms with Gasteiger partial charge in [0.05, 0.1) is 30.9 Å². The Bertz CT molecular complexity index is 1150. The van der Waals surface area contributed by atoms with E-state index in [9.17, 15) is 8.42 Å². The molecule has 1 aliphatic carbocycles. The molecule has 4 rings (SSSR count). The van der Waals surface area contributed by atoms with Gasteiger partial charge in [0.15, 0.2) is 0 Å². The second kappa shape index (κ2) is 10.2. The van der Waals surface area contributed by atoms with Crippen molar-refractivity contribution in [2.45, 2.75) is 31.8 Å². The van der Waals surface area contributed by atoms with E-state index in [0.717, 1.165) is 36.0 Å². The van der Waals surface area contributed by atoms with Gasteiger partial charge in [-0.05, 0) is 56.0 Å². The quantitative estimate of drug-likeness (QED) is 0.452. The van der Waals surface area contributed by atoms with Gasteiger partial charge in [0.2, 0.25) is 21.8 Å². The van der Waals surface area contributed by atoms with Gasteiger partial charge >= 0.3 is 0 Å². The minimum atomic E-state index is -3.23. The zero-order valence-corrected chi connectivity index (χ0v) is 19.5. The van der Waals surface area contributed by atoms with E-state index in [4.69, 9.17) is 19.3 Å². The molecule has 1 aliphatic rings. The van der Waals surface area contributed by atoms with Gasteiger partial charge in [-0.1, -0.05) is 0 Å². The molecule has 0 aliphatic heterocycles. The monoisotopic (exact) mass is 472 g/mol. The zero-order chi connectivity index (χ0) is 23.3. The van der Waals surface area contributed by atoms with Crippen LogP contribution in [-0.4, -0.2) is 55.8 Å². The second-order valence-electron chi connectivity index (χ2n) is 7.90. The molecule has 1 fully saturated rings. The Morgan fingerprint density at radius 2 is 1.85 bits per heavy atom. The van der Waals surface area contributed by atoms with Gasteiger partial charge in [-0.3, -0.25) is 0 Å². The van der Waals surface area contributed by atoms with Crippen LogP contribution in [-0.2, 0) is 10.0 Å². The SMILES string of the molecule is COc1ccc(-n2nc(OC3CCCC3)cc2-c2ccc(OCCNS(C)(=O)=O)cc2)cn1. The lowest BCUT2D eigenvalue weighted by molar-refractivity contribution is 0.200. The van der Waals surface area contributed by atoms with Crippen LogP contribution in [0.1, 0.15) is 25.7 Å². The molecule has 2 aromatic heterocycles. The highest BCUT2D eigenvalue weighted by atomic mass is 32.2. The number of nitrogens with zero attached hydrogens (tertiary/aromatic N) is 3. The number of rotatable bonds is 10. The number of sulfonamides is 1. The summed E-state index contributed by atoms with van der Waals surface area (Å²) in [5.74, 6) is 1.76. The van der Waals surface area contributed by atoms with E-state index in [0.29, 0.717) is 17.5 Å². The largest absolute Gasteiger partial charge is 0.492 e. The predicted molar refractivity (Wildman–Crippen MR) is 125 cm³/mol. The first-order valence-electron chi connectivity index (χ1n) is 10.9. The molecule has 0 bridgehead atoms. The van der Waals surface area contributed by atoms with Gasteiger partial charge in [-0.2, -0.15) is 0 Å². The van der Waals surface area contributed by atoms with Crippen LogP contribution in [0.15, 0.2) is 48.7 Å². The Labute approximate surface area is 193 Å². The molecular weight excluding hydrogens is 444 g/mol. The van der Waals surface area contributed by atoms with Crippen molar-refractivity contribution in [3.05, 3.63) is 48.7 Å². The first-order valence-corrected chi connectivity index (χ1v) is 12.8. The van der Waals surface area contributed by atoms with Gasteiger partial charge in [0, 0.05) is 24.2 Å². The van der Waals surface area contributed by atoms with E-state index < -0.39 is 10.0 Å². The van der Waals surface area contributed by atoms with E-state index in [1.54, 1.807) is 19.4 Å². The molecule has 0 spiro atoms. The van der Waals surface area contributed by atoms with Crippen molar-refractivity contribution in [2.24, 2.45) is 0 Å². The van der Waals surface area contributed by atoms with E-state index in [-0.39, 0.29) is 19.3 Å². The van der Waals surface area contributed by atoms with Crippen molar-refractivity contribution in [3.8, 4) is 34.5 Å². The number of methoxy groups -OCH3 is 1. The maximum absolute atomic E-state index is 11.1. The first-order chi connectivity index (χ1) is 15.9. The molecule has 10 heteroatoms. The molecule has 2 heterocycles.